The van der Waals surface area contributed by atoms with Gasteiger partial charge >= 0.3 is 0 Å². The van der Waals surface area contributed by atoms with Crippen molar-refractivity contribution in [3.8, 4) is 5.75 Å². The number of amides is 1. The number of hydrogen-bond donors (Lipinski definition) is 1. The lowest BCUT2D eigenvalue weighted by molar-refractivity contribution is 0.0930. The van der Waals surface area contributed by atoms with Crippen LogP contribution in [-0.4, -0.2) is 44.9 Å². The Labute approximate surface area is 156 Å². The summed E-state index contributed by atoms with van der Waals surface area (Å²) in [6.45, 7) is 1.08. The molecule has 0 atom stereocenters. The van der Waals surface area contributed by atoms with Crippen LogP contribution in [0.4, 0.5) is 0 Å². The molecule has 3 rings (SSSR count). The van der Waals surface area contributed by atoms with Gasteiger partial charge in [-0.05, 0) is 43.9 Å². The molecule has 1 saturated heterocycles. The van der Waals surface area contributed by atoms with Crippen molar-refractivity contribution in [3.05, 3.63) is 23.8 Å². The van der Waals surface area contributed by atoms with Crippen molar-refractivity contribution in [3.63, 3.8) is 0 Å². The third-order valence-electron chi connectivity index (χ3n) is 5.31. The van der Waals surface area contributed by atoms with E-state index in [4.69, 9.17) is 4.74 Å². The summed E-state index contributed by atoms with van der Waals surface area (Å²) in [6, 6.07) is 4.70. The average Bonchev–Trinajstić information content (AvgIpc) is 3.08. The fourth-order valence-electron chi connectivity index (χ4n) is 3.79. The second-order valence-corrected chi connectivity index (χ2v) is 9.07. The van der Waals surface area contributed by atoms with Crippen molar-refractivity contribution >= 4 is 15.9 Å². The van der Waals surface area contributed by atoms with Crippen LogP contribution in [0.25, 0.3) is 0 Å². The Morgan fingerprint density at radius 3 is 2.35 bits per heavy atom. The van der Waals surface area contributed by atoms with Crippen LogP contribution in [0.2, 0.25) is 0 Å². The van der Waals surface area contributed by atoms with E-state index in [1.165, 1.54) is 36.4 Å². The van der Waals surface area contributed by atoms with Crippen molar-refractivity contribution in [2.75, 3.05) is 20.2 Å². The molecule has 1 aliphatic heterocycles. The third kappa shape index (κ3) is 4.20. The number of ether oxygens (including phenoxy) is 1. The van der Waals surface area contributed by atoms with Crippen molar-refractivity contribution < 1.29 is 17.9 Å². The number of rotatable bonds is 5. The Morgan fingerprint density at radius 1 is 1.08 bits per heavy atom. The molecular formula is C19H28N2O4S. The summed E-state index contributed by atoms with van der Waals surface area (Å²) in [5.74, 6) is 0.142. The summed E-state index contributed by atoms with van der Waals surface area (Å²) in [5, 5.41) is 3.07. The lowest BCUT2D eigenvalue weighted by Gasteiger charge is -2.19. The minimum absolute atomic E-state index is 0.147. The number of benzene rings is 1. The number of methoxy groups -OCH3 is 1. The van der Waals surface area contributed by atoms with Crippen LogP contribution in [0.15, 0.2) is 23.1 Å². The maximum Gasteiger partial charge on any atom is 0.255 e. The van der Waals surface area contributed by atoms with Gasteiger partial charge in [0.15, 0.2) is 0 Å². The Balaban J connectivity index is 1.84. The van der Waals surface area contributed by atoms with Crippen LogP contribution in [0, 0.1) is 0 Å². The predicted molar refractivity (Wildman–Crippen MR) is 99.9 cm³/mol. The zero-order valence-corrected chi connectivity index (χ0v) is 16.2. The molecule has 0 aromatic heterocycles. The normalized spacial score (nSPS) is 19.9. The van der Waals surface area contributed by atoms with Gasteiger partial charge in [-0.1, -0.05) is 25.7 Å². The molecule has 1 saturated carbocycles. The highest BCUT2D eigenvalue weighted by atomic mass is 32.2. The van der Waals surface area contributed by atoms with E-state index in [1.807, 2.05) is 0 Å². The Morgan fingerprint density at radius 2 is 1.73 bits per heavy atom. The molecule has 0 unspecified atom stereocenters. The summed E-state index contributed by atoms with van der Waals surface area (Å²) >= 11 is 0. The molecular weight excluding hydrogens is 352 g/mol. The van der Waals surface area contributed by atoms with E-state index in [9.17, 15) is 13.2 Å². The third-order valence-corrected chi connectivity index (χ3v) is 7.20. The van der Waals surface area contributed by atoms with Gasteiger partial charge in [0.05, 0.1) is 17.6 Å². The molecule has 7 heteroatoms. The highest BCUT2D eigenvalue weighted by Crippen LogP contribution is 2.27. The quantitative estimate of drug-likeness (QED) is 0.797. The molecule has 2 aliphatic rings. The topological polar surface area (TPSA) is 75.7 Å². The molecule has 0 bridgehead atoms. The number of carbonyl (C=O) groups is 1. The highest BCUT2D eigenvalue weighted by molar-refractivity contribution is 7.89. The van der Waals surface area contributed by atoms with E-state index in [1.54, 1.807) is 6.07 Å². The molecule has 144 valence electrons. The zero-order chi connectivity index (χ0) is 18.6. The number of nitrogens with one attached hydrogen (secondary N) is 1. The van der Waals surface area contributed by atoms with Crippen LogP contribution in [0.5, 0.6) is 5.75 Å². The first kappa shape index (κ1) is 19.2. The summed E-state index contributed by atoms with van der Waals surface area (Å²) in [7, 11) is -2.07. The molecule has 1 amide bonds. The van der Waals surface area contributed by atoms with Gasteiger partial charge in [-0.2, -0.15) is 4.31 Å². The van der Waals surface area contributed by atoms with Crippen LogP contribution in [0.3, 0.4) is 0 Å². The van der Waals surface area contributed by atoms with Crippen LogP contribution in [0.1, 0.15) is 61.7 Å². The van der Waals surface area contributed by atoms with E-state index in [0.29, 0.717) is 18.8 Å². The highest BCUT2D eigenvalue weighted by Gasteiger charge is 2.29. The van der Waals surface area contributed by atoms with Crippen LogP contribution in [-0.2, 0) is 10.0 Å². The van der Waals surface area contributed by atoms with Gasteiger partial charge in [-0.3, -0.25) is 4.79 Å². The molecule has 0 radical (unpaired) electrons. The number of sulfonamides is 1. The van der Waals surface area contributed by atoms with Gasteiger partial charge in [0.25, 0.3) is 5.91 Å². The van der Waals surface area contributed by atoms with E-state index < -0.39 is 10.0 Å². The molecule has 2 fully saturated rings. The molecule has 1 aromatic carbocycles. The monoisotopic (exact) mass is 380 g/mol. The molecule has 1 aromatic rings. The largest absolute Gasteiger partial charge is 0.496 e. The number of carbonyl (C=O) groups excluding carboxylic acids is 1. The first-order valence-corrected chi connectivity index (χ1v) is 11.0. The first-order valence-electron chi connectivity index (χ1n) is 9.51. The smallest absolute Gasteiger partial charge is 0.255 e. The van der Waals surface area contributed by atoms with Crippen molar-refractivity contribution in [2.45, 2.75) is 62.3 Å². The van der Waals surface area contributed by atoms with Gasteiger partial charge in [0, 0.05) is 19.1 Å². The fourth-order valence-corrected chi connectivity index (χ4v) is 5.33. The Kier molecular flexibility index (Phi) is 6.19. The minimum Gasteiger partial charge on any atom is -0.496 e. The van der Waals surface area contributed by atoms with Gasteiger partial charge in [-0.15, -0.1) is 0 Å². The van der Waals surface area contributed by atoms with E-state index >= 15 is 0 Å². The lowest BCUT2D eigenvalue weighted by Crippen LogP contribution is -2.35. The van der Waals surface area contributed by atoms with E-state index in [-0.39, 0.29) is 22.4 Å². The average molecular weight is 381 g/mol. The molecule has 0 spiro atoms. The second kappa shape index (κ2) is 8.39. The summed E-state index contributed by atoms with van der Waals surface area (Å²) in [6.07, 6.45) is 8.35. The molecule has 26 heavy (non-hydrogen) atoms. The van der Waals surface area contributed by atoms with Gasteiger partial charge < -0.3 is 10.1 Å². The summed E-state index contributed by atoms with van der Waals surface area (Å²) < 4.78 is 32.4. The van der Waals surface area contributed by atoms with Gasteiger partial charge in [0.2, 0.25) is 10.0 Å². The van der Waals surface area contributed by atoms with Crippen molar-refractivity contribution in [1.82, 2.24) is 9.62 Å². The van der Waals surface area contributed by atoms with Crippen LogP contribution < -0.4 is 10.1 Å². The molecule has 1 N–H and O–H groups in total. The Bertz CT molecular complexity index is 734. The minimum atomic E-state index is -3.56. The Hall–Kier alpha value is -1.60. The standard InChI is InChI=1S/C19H28N2O4S/c1-25-18-11-10-16(26(23,24)21-12-6-7-13-21)14-17(18)19(22)20-15-8-4-2-3-5-9-15/h10-11,14-15H,2-9,12-13H2,1H3,(H,20,22). The maximum atomic E-state index is 12.8. The number of nitrogens with zero attached hydrogens (tertiary/aromatic N) is 1. The predicted octanol–water partition coefficient (Wildman–Crippen LogP) is 2.93. The fraction of sp³-hybridized carbons (Fsp3) is 0.632. The maximum absolute atomic E-state index is 12.8. The first-order chi connectivity index (χ1) is 12.5. The molecule has 6 nitrogen and oxygen atoms in total. The van der Waals surface area contributed by atoms with E-state index in [0.717, 1.165) is 38.5 Å². The summed E-state index contributed by atoms with van der Waals surface area (Å²) in [5.41, 5.74) is 0.289. The second-order valence-electron chi connectivity index (χ2n) is 7.14. The SMILES string of the molecule is COc1ccc(S(=O)(=O)N2CCCC2)cc1C(=O)NC1CCCCCC1. The van der Waals surface area contributed by atoms with Gasteiger partial charge in [-0.25, -0.2) is 8.42 Å². The summed E-state index contributed by atoms with van der Waals surface area (Å²) in [4.78, 5) is 13.0. The number of hydrogen-bond acceptors (Lipinski definition) is 4. The van der Waals surface area contributed by atoms with Crippen LogP contribution >= 0.6 is 0 Å². The van der Waals surface area contributed by atoms with Crippen molar-refractivity contribution in [2.24, 2.45) is 0 Å². The lowest BCUT2D eigenvalue weighted by atomic mass is 10.1. The molecule has 1 heterocycles. The van der Waals surface area contributed by atoms with Crippen molar-refractivity contribution in [1.29, 1.82) is 0 Å². The van der Waals surface area contributed by atoms with E-state index in [2.05, 4.69) is 5.32 Å². The van der Waals surface area contributed by atoms with Gasteiger partial charge in [0.1, 0.15) is 5.75 Å². The zero-order valence-electron chi connectivity index (χ0n) is 15.4. The molecule has 1 aliphatic carbocycles.